The van der Waals surface area contributed by atoms with E-state index < -0.39 is 0 Å². The molecular formula is C10H12N6S. The van der Waals surface area contributed by atoms with Crippen LogP contribution in [0.3, 0.4) is 0 Å². The molecule has 0 saturated carbocycles. The van der Waals surface area contributed by atoms with Crippen molar-refractivity contribution in [2.75, 3.05) is 17.6 Å². The lowest BCUT2D eigenvalue weighted by atomic mass is 10.3. The fourth-order valence-corrected chi connectivity index (χ4v) is 2.09. The molecule has 17 heavy (non-hydrogen) atoms. The van der Waals surface area contributed by atoms with Gasteiger partial charge in [0.15, 0.2) is 5.82 Å². The second-order valence-electron chi connectivity index (χ2n) is 3.59. The third-order valence-corrected chi connectivity index (χ3v) is 3.04. The van der Waals surface area contributed by atoms with Crippen molar-refractivity contribution in [2.24, 2.45) is 0 Å². The summed E-state index contributed by atoms with van der Waals surface area (Å²) in [4.78, 5) is 0. The van der Waals surface area contributed by atoms with Crippen LogP contribution in [0.25, 0.3) is 0 Å². The van der Waals surface area contributed by atoms with Gasteiger partial charge in [-0.05, 0) is 24.0 Å². The number of rotatable bonds is 4. The first-order valence-corrected chi connectivity index (χ1v) is 5.86. The van der Waals surface area contributed by atoms with Gasteiger partial charge in [-0.1, -0.05) is 0 Å². The summed E-state index contributed by atoms with van der Waals surface area (Å²) >= 11 is 1.20. The number of nitrogens with one attached hydrogen (secondary N) is 1. The maximum atomic E-state index is 8.89. The predicted molar refractivity (Wildman–Crippen MR) is 66.7 cm³/mol. The van der Waals surface area contributed by atoms with Gasteiger partial charge in [0, 0.05) is 12.7 Å². The summed E-state index contributed by atoms with van der Waals surface area (Å²) in [6, 6.07) is 2.03. The number of aryl methyl sites for hydroxylation is 1. The standard InChI is InChI=1S/C10H12N6S/c1-7-5-14-16(6-7)3-2-13-10-8(4-11)9(12)15-17-10/h5-6,13H,2-3H2,1H3,(H2,12,15). The Hall–Kier alpha value is -2.07. The molecule has 0 fully saturated rings. The third-order valence-electron chi connectivity index (χ3n) is 2.22. The fraction of sp³-hybridized carbons (Fsp3) is 0.300. The minimum atomic E-state index is 0.287. The molecule has 0 aliphatic rings. The number of aromatic nitrogens is 3. The van der Waals surface area contributed by atoms with Gasteiger partial charge in [-0.15, -0.1) is 0 Å². The van der Waals surface area contributed by atoms with Crippen LogP contribution in [0.1, 0.15) is 11.1 Å². The highest BCUT2D eigenvalue weighted by Crippen LogP contribution is 2.25. The Kier molecular flexibility index (Phi) is 3.25. The Labute approximate surface area is 103 Å². The molecule has 3 N–H and O–H groups in total. The lowest BCUT2D eigenvalue weighted by Gasteiger charge is -2.03. The van der Waals surface area contributed by atoms with E-state index in [4.69, 9.17) is 11.0 Å². The normalized spacial score (nSPS) is 10.1. The van der Waals surface area contributed by atoms with Crippen LogP contribution in [0.15, 0.2) is 12.4 Å². The molecule has 0 aliphatic carbocycles. The van der Waals surface area contributed by atoms with Crippen molar-refractivity contribution in [3.63, 3.8) is 0 Å². The lowest BCUT2D eigenvalue weighted by molar-refractivity contribution is 0.638. The SMILES string of the molecule is Cc1cnn(CCNc2snc(N)c2C#N)c1. The smallest absolute Gasteiger partial charge is 0.157 e. The summed E-state index contributed by atoms with van der Waals surface area (Å²) < 4.78 is 5.78. The number of hydrogen-bond donors (Lipinski definition) is 2. The highest BCUT2D eigenvalue weighted by atomic mass is 32.1. The summed E-state index contributed by atoms with van der Waals surface area (Å²) in [6.07, 6.45) is 3.78. The largest absolute Gasteiger partial charge is 0.382 e. The summed E-state index contributed by atoms with van der Waals surface area (Å²) in [7, 11) is 0. The van der Waals surface area contributed by atoms with Gasteiger partial charge in [-0.3, -0.25) is 4.68 Å². The van der Waals surface area contributed by atoms with Crippen LogP contribution in [-0.4, -0.2) is 20.7 Å². The van der Waals surface area contributed by atoms with Gasteiger partial charge in [0.2, 0.25) is 0 Å². The van der Waals surface area contributed by atoms with E-state index in [0.29, 0.717) is 17.1 Å². The molecule has 0 spiro atoms. The average molecular weight is 248 g/mol. The molecule has 0 radical (unpaired) electrons. The van der Waals surface area contributed by atoms with E-state index >= 15 is 0 Å². The van der Waals surface area contributed by atoms with Gasteiger partial charge in [-0.2, -0.15) is 14.7 Å². The van der Waals surface area contributed by atoms with Crippen molar-refractivity contribution in [1.29, 1.82) is 5.26 Å². The molecule has 0 aliphatic heterocycles. The summed E-state index contributed by atoms with van der Waals surface area (Å²) in [5, 5.41) is 16.9. The summed E-state index contributed by atoms with van der Waals surface area (Å²) in [5.74, 6) is 0.287. The van der Waals surface area contributed by atoms with Gasteiger partial charge < -0.3 is 11.1 Å². The van der Waals surface area contributed by atoms with Crippen molar-refractivity contribution in [1.82, 2.24) is 14.2 Å². The molecule has 2 aromatic rings. The molecule has 0 atom stereocenters. The number of anilines is 2. The van der Waals surface area contributed by atoms with E-state index in [0.717, 1.165) is 12.1 Å². The number of nitrogens with zero attached hydrogens (tertiary/aromatic N) is 4. The fourth-order valence-electron chi connectivity index (χ4n) is 1.40. The zero-order chi connectivity index (χ0) is 12.3. The van der Waals surface area contributed by atoms with Crippen molar-refractivity contribution >= 4 is 22.4 Å². The van der Waals surface area contributed by atoms with Crippen molar-refractivity contribution in [3.05, 3.63) is 23.5 Å². The van der Waals surface area contributed by atoms with Crippen LogP contribution < -0.4 is 11.1 Å². The number of nitriles is 1. The highest BCUT2D eigenvalue weighted by Gasteiger charge is 2.09. The van der Waals surface area contributed by atoms with Crippen LogP contribution >= 0.6 is 11.5 Å². The lowest BCUT2D eigenvalue weighted by Crippen LogP contribution is -2.10. The topological polar surface area (TPSA) is 92.6 Å². The van der Waals surface area contributed by atoms with Gasteiger partial charge in [0.25, 0.3) is 0 Å². The van der Waals surface area contributed by atoms with Crippen molar-refractivity contribution in [3.8, 4) is 6.07 Å². The van der Waals surface area contributed by atoms with E-state index in [1.54, 1.807) is 0 Å². The zero-order valence-corrected chi connectivity index (χ0v) is 10.2. The van der Waals surface area contributed by atoms with E-state index in [-0.39, 0.29) is 5.82 Å². The number of nitrogens with two attached hydrogens (primary N) is 1. The molecule has 2 rings (SSSR count). The maximum Gasteiger partial charge on any atom is 0.157 e. The molecule has 0 saturated heterocycles. The summed E-state index contributed by atoms with van der Waals surface area (Å²) in [6.45, 7) is 3.41. The molecule has 2 aromatic heterocycles. The maximum absolute atomic E-state index is 8.89. The Morgan fingerprint density at radius 1 is 1.65 bits per heavy atom. The van der Waals surface area contributed by atoms with E-state index in [9.17, 15) is 0 Å². The van der Waals surface area contributed by atoms with E-state index in [1.165, 1.54) is 11.5 Å². The molecule has 7 heteroatoms. The quantitative estimate of drug-likeness (QED) is 0.848. The molecule has 88 valence electrons. The van der Waals surface area contributed by atoms with Crippen LogP contribution in [0, 0.1) is 18.3 Å². The molecule has 0 unspecified atom stereocenters. The first-order chi connectivity index (χ1) is 8.20. The monoisotopic (exact) mass is 248 g/mol. The number of nitrogen functional groups attached to an aromatic ring is 1. The minimum Gasteiger partial charge on any atom is -0.382 e. The predicted octanol–water partition coefficient (Wildman–Crippen LogP) is 1.21. The Morgan fingerprint density at radius 3 is 3.12 bits per heavy atom. The van der Waals surface area contributed by atoms with Gasteiger partial charge in [0.05, 0.1) is 12.7 Å². The minimum absolute atomic E-state index is 0.287. The van der Waals surface area contributed by atoms with Gasteiger partial charge in [0.1, 0.15) is 16.6 Å². The van der Waals surface area contributed by atoms with Gasteiger partial charge in [-0.25, -0.2) is 0 Å². The highest BCUT2D eigenvalue weighted by molar-refractivity contribution is 7.10. The third kappa shape index (κ3) is 2.54. The van der Waals surface area contributed by atoms with E-state index in [2.05, 4.69) is 14.8 Å². The second-order valence-corrected chi connectivity index (χ2v) is 4.36. The van der Waals surface area contributed by atoms with Crippen LogP contribution in [0.5, 0.6) is 0 Å². The first-order valence-electron chi connectivity index (χ1n) is 5.09. The van der Waals surface area contributed by atoms with Crippen LogP contribution in [0.2, 0.25) is 0 Å². The van der Waals surface area contributed by atoms with Gasteiger partial charge >= 0.3 is 0 Å². The zero-order valence-electron chi connectivity index (χ0n) is 9.34. The van der Waals surface area contributed by atoms with Crippen LogP contribution in [0.4, 0.5) is 10.8 Å². The second kappa shape index (κ2) is 4.84. The Morgan fingerprint density at radius 2 is 2.47 bits per heavy atom. The number of hydrogen-bond acceptors (Lipinski definition) is 6. The molecule has 0 aromatic carbocycles. The Balaban J connectivity index is 1.92. The first kappa shape index (κ1) is 11.4. The molecule has 2 heterocycles. The Bertz CT molecular complexity index is 549. The molecule has 0 amide bonds. The van der Waals surface area contributed by atoms with Crippen LogP contribution in [-0.2, 0) is 6.54 Å². The molecular weight excluding hydrogens is 236 g/mol. The summed E-state index contributed by atoms with van der Waals surface area (Å²) in [5.41, 5.74) is 7.11. The van der Waals surface area contributed by atoms with Crippen molar-refractivity contribution in [2.45, 2.75) is 13.5 Å². The van der Waals surface area contributed by atoms with Crippen molar-refractivity contribution < 1.29 is 0 Å². The molecule has 6 nitrogen and oxygen atoms in total. The average Bonchev–Trinajstić information content (AvgIpc) is 2.86. The van der Waals surface area contributed by atoms with E-state index in [1.807, 2.05) is 30.1 Å². The molecule has 0 bridgehead atoms.